The summed E-state index contributed by atoms with van der Waals surface area (Å²) in [6.45, 7) is 2.99. The highest BCUT2D eigenvalue weighted by molar-refractivity contribution is 5.10. The Morgan fingerprint density at radius 3 is 2.75 bits per heavy atom. The summed E-state index contributed by atoms with van der Waals surface area (Å²) in [5.41, 5.74) is 2.05. The van der Waals surface area contributed by atoms with Crippen molar-refractivity contribution in [3.8, 4) is 0 Å². The van der Waals surface area contributed by atoms with Gasteiger partial charge in [-0.2, -0.15) is 0 Å². The van der Waals surface area contributed by atoms with Crippen molar-refractivity contribution in [3.05, 3.63) is 29.6 Å². The zero-order valence-corrected chi connectivity index (χ0v) is 9.87. The van der Waals surface area contributed by atoms with Crippen molar-refractivity contribution in [1.82, 2.24) is 10.3 Å². The lowest BCUT2D eigenvalue weighted by atomic mass is 9.99. The van der Waals surface area contributed by atoms with Gasteiger partial charge in [0.25, 0.3) is 0 Å². The Kier molecular flexibility index (Phi) is 3.56. The highest BCUT2D eigenvalue weighted by atomic mass is 16.3. The lowest BCUT2D eigenvalue weighted by Crippen LogP contribution is -2.45. The van der Waals surface area contributed by atoms with Crippen LogP contribution in [0, 0.1) is 6.92 Å². The molecule has 2 N–H and O–H groups in total. The zero-order valence-electron chi connectivity index (χ0n) is 9.87. The number of aliphatic hydroxyl groups excluding tert-OH is 1. The number of pyridine rings is 1. The van der Waals surface area contributed by atoms with Crippen LogP contribution in [0.3, 0.4) is 0 Å². The second kappa shape index (κ2) is 4.93. The molecule has 1 fully saturated rings. The maximum Gasteiger partial charge on any atom is 0.0613 e. The molecule has 0 amide bonds. The summed E-state index contributed by atoms with van der Waals surface area (Å²) < 4.78 is 0. The zero-order chi connectivity index (χ0) is 11.4. The van der Waals surface area contributed by atoms with Crippen LogP contribution in [0.4, 0.5) is 0 Å². The molecule has 0 saturated heterocycles. The number of rotatable bonds is 4. The first-order valence-corrected chi connectivity index (χ1v) is 6.03. The third-order valence-electron chi connectivity index (χ3n) is 3.45. The fraction of sp³-hybridized carbons (Fsp3) is 0.615. The second-order valence-electron chi connectivity index (χ2n) is 4.77. The van der Waals surface area contributed by atoms with E-state index in [4.69, 9.17) is 0 Å². The van der Waals surface area contributed by atoms with Crippen molar-refractivity contribution in [3.63, 3.8) is 0 Å². The molecule has 1 saturated carbocycles. The van der Waals surface area contributed by atoms with Gasteiger partial charge in [-0.1, -0.05) is 18.9 Å². The highest BCUT2D eigenvalue weighted by Crippen LogP contribution is 2.29. The van der Waals surface area contributed by atoms with Crippen LogP contribution >= 0.6 is 0 Å². The van der Waals surface area contributed by atoms with Gasteiger partial charge >= 0.3 is 0 Å². The Labute approximate surface area is 96.9 Å². The van der Waals surface area contributed by atoms with Crippen LogP contribution in [0.2, 0.25) is 0 Å². The van der Waals surface area contributed by atoms with Gasteiger partial charge in [0.2, 0.25) is 0 Å². The minimum atomic E-state index is -0.0502. The fourth-order valence-electron chi connectivity index (χ4n) is 2.42. The molecular formula is C13H20N2O. The van der Waals surface area contributed by atoms with Crippen LogP contribution in [-0.4, -0.2) is 22.2 Å². The summed E-state index contributed by atoms with van der Waals surface area (Å²) in [6.07, 6.45) is 4.59. The van der Waals surface area contributed by atoms with E-state index in [0.717, 1.165) is 30.8 Å². The maximum absolute atomic E-state index is 9.47. The second-order valence-corrected chi connectivity index (χ2v) is 4.77. The van der Waals surface area contributed by atoms with Gasteiger partial charge in [-0.05, 0) is 31.9 Å². The molecule has 0 aromatic carbocycles. The summed E-state index contributed by atoms with van der Waals surface area (Å²) in [7, 11) is 0. The number of hydrogen-bond donors (Lipinski definition) is 2. The molecular weight excluding hydrogens is 200 g/mol. The Bertz CT molecular complexity index is 346. The van der Waals surface area contributed by atoms with Crippen LogP contribution < -0.4 is 5.32 Å². The van der Waals surface area contributed by atoms with E-state index in [9.17, 15) is 5.11 Å². The van der Waals surface area contributed by atoms with Crippen LogP contribution in [0.25, 0.3) is 0 Å². The lowest BCUT2D eigenvalue weighted by Gasteiger charge is -2.28. The molecule has 3 heteroatoms. The highest BCUT2D eigenvalue weighted by Gasteiger charge is 2.32. The van der Waals surface area contributed by atoms with E-state index < -0.39 is 0 Å². The summed E-state index contributed by atoms with van der Waals surface area (Å²) in [5, 5.41) is 12.9. The van der Waals surface area contributed by atoms with Gasteiger partial charge < -0.3 is 10.4 Å². The number of aryl methyl sites for hydroxylation is 1. The standard InChI is InChI=1S/C13H20N2O/c1-11-5-4-6-12(15-11)9-14-13(10-16)7-2-3-8-13/h4-6,14,16H,2-3,7-10H2,1H3. The van der Waals surface area contributed by atoms with Gasteiger partial charge in [0, 0.05) is 17.8 Å². The minimum absolute atomic E-state index is 0.0502. The van der Waals surface area contributed by atoms with Crippen LogP contribution in [0.5, 0.6) is 0 Å². The smallest absolute Gasteiger partial charge is 0.0613 e. The Morgan fingerprint density at radius 2 is 2.12 bits per heavy atom. The average molecular weight is 220 g/mol. The molecule has 16 heavy (non-hydrogen) atoms. The quantitative estimate of drug-likeness (QED) is 0.813. The molecule has 1 aliphatic rings. The van der Waals surface area contributed by atoms with E-state index in [2.05, 4.69) is 10.3 Å². The van der Waals surface area contributed by atoms with E-state index in [1.54, 1.807) is 0 Å². The molecule has 1 aromatic rings. The monoisotopic (exact) mass is 220 g/mol. The number of nitrogens with zero attached hydrogens (tertiary/aromatic N) is 1. The number of aliphatic hydroxyl groups is 1. The number of nitrogens with one attached hydrogen (secondary N) is 1. The molecule has 1 heterocycles. The SMILES string of the molecule is Cc1cccc(CNC2(CO)CCCC2)n1. The van der Waals surface area contributed by atoms with Crippen LogP contribution in [0.1, 0.15) is 37.1 Å². The van der Waals surface area contributed by atoms with E-state index in [1.165, 1.54) is 12.8 Å². The molecule has 3 nitrogen and oxygen atoms in total. The number of hydrogen-bond acceptors (Lipinski definition) is 3. The van der Waals surface area contributed by atoms with Gasteiger partial charge in [-0.3, -0.25) is 4.98 Å². The summed E-state index contributed by atoms with van der Waals surface area (Å²) in [6, 6.07) is 6.06. The van der Waals surface area contributed by atoms with Gasteiger partial charge in [-0.15, -0.1) is 0 Å². The predicted octanol–water partition coefficient (Wildman–Crippen LogP) is 1.78. The molecule has 88 valence electrons. The predicted molar refractivity (Wildman–Crippen MR) is 64.1 cm³/mol. The lowest BCUT2D eigenvalue weighted by molar-refractivity contribution is 0.162. The molecule has 0 atom stereocenters. The van der Waals surface area contributed by atoms with Crippen LogP contribution in [0.15, 0.2) is 18.2 Å². The minimum Gasteiger partial charge on any atom is -0.394 e. The fourth-order valence-corrected chi connectivity index (χ4v) is 2.42. The van der Waals surface area contributed by atoms with Crippen molar-refractivity contribution in [1.29, 1.82) is 0 Å². The largest absolute Gasteiger partial charge is 0.394 e. The summed E-state index contributed by atoms with van der Waals surface area (Å²) in [5.74, 6) is 0. The van der Waals surface area contributed by atoms with Crippen molar-refractivity contribution in [2.45, 2.75) is 44.7 Å². The van der Waals surface area contributed by atoms with Gasteiger partial charge in [-0.25, -0.2) is 0 Å². The van der Waals surface area contributed by atoms with Crippen molar-refractivity contribution >= 4 is 0 Å². The van der Waals surface area contributed by atoms with Gasteiger partial charge in [0.15, 0.2) is 0 Å². The molecule has 0 bridgehead atoms. The molecule has 0 radical (unpaired) electrons. The van der Waals surface area contributed by atoms with E-state index in [1.807, 2.05) is 25.1 Å². The molecule has 0 spiro atoms. The average Bonchev–Trinajstić information content (AvgIpc) is 2.76. The third kappa shape index (κ3) is 2.60. The molecule has 0 unspecified atom stereocenters. The number of aromatic nitrogens is 1. The normalized spacial score (nSPS) is 18.9. The van der Waals surface area contributed by atoms with Crippen molar-refractivity contribution < 1.29 is 5.11 Å². The summed E-state index contributed by atoms with van der Waals surface area (Å²) >= 11 is 0. The maximum atomic E-state index is 9.47. The Balaban J connectivity index is 1.95. The van der Waals surface area contributed by atoms with E-state index in [-0.39, 0.29) is 12.1 Å². The Hall–Kier alpha value is -0.930. The first-order chi connectivity index (χ1) is 7.74. The van der Waals surface area contributed by atoms with Crippen molar-refractivity contribution in [2.75, 3.05) is 6.61 Å². The molecule has 0 aliphatic heterocycles. The first-order valence-electron chi connectivity index (χ1n) is 6.03. The Morgan fingerprint density at radius 1 is 1.38 bits per heavy atom. The topological polar surface area (TPSA) is 45.1 Å². The van der Waals surface area contributed by atoms with E-state index >= 15 is 0 Å². The summed E-state index contributed by atoms with van der Waals surface area (Å²) in [4.78, 5) is 4.46. The molecule has 1 aromatic heterocycles. The molecule has 1 aliphatic carbocycles. The van der Waals surface area contributed by atoms with Gasteiger partial charge in [0.05, 0.1) is 12.3 Å². The molecule has 2 rings (SSSR count). The van der Waals surface area contributed by atoms with Crippen LogP contribution in [-0.2, 0) is 6.54 Å². The van der Waals surface area contributed by atoms with Gasteiger partial charge in [0.1, 0.15) is 0 Å². The van der Waals surface area contributed by atoms with E-state index in [0.29, 0.717) is 0 Å². The van der Waals surface area contributed by atoms with Crippen molar-refractivity contribution in [2.24, 2.45) is 0 Å². The third-order valence-corrected chi connectivity index (χ3v) is 3.45. The first kappa shape index (κ1) is 11.6.